The van der Waals surface area contributed by atoms with Gasteiger partial charge < -0.3 is 0 Å². The van der Waals surface area contributed by atoms with Crippen LogP contribution in [0.5, 0.6) is 0 Å². The summed E-state index contributed by atoms with van der Waals surface area (Å²) >= 11 is 11.1. The van der Waals surface area contributed by atoms with Crippen LogP contribution in [-0.4, -0.2) is 8.42 Å². The minimum absolute atomic E-state index is 0.203. The Bertz CT molecular complexity index is 770. The summed E-state index contributed by atoms with van der Waals surface area (Å²) in [5.74, 6) is -0.839. The quantitative estimate of drug-likeness (QED) is 0.637. The van der Waals surface area contributed by atoms with Crippen LogP contribution in [0.1, 0.15) is 0 Å². The van der Waals surface area contributed by atoms with Gasteiger partial charge in [-0.2, -0.15) is 0 Å². The van der Waals surface area contributed by atoms with E-state index < -0.39 is 20.7 Å². The first kappa shape index (κ1) is 16.0. The molecule has 0 bridgehead atoms. The van der Waals surface area contributed by atoms with Gasteiger partial charge in [0.15, 0.2) is 0 Å². The highest BCUT2D eigenvalue weighted by molar-refractivity contribution is 14.1. The summed E-state index contributed by atoms with van der Waals surface area (Å²) in [6.07, 6.45) is 0. The molecule has 20 heavy (non-hydrogen) atoms. The number of sulfonamides is 1. The first-order chi connectivity index (χ1) is 9.29. The van der Waals surface area contributed by atoms with Crippen LogP contribution in [0.15, 0.2) is 45.8 Å². The van der Waals surface area contributed by atoms with E-state index in [1.165, 1.54) is 18.2 Å². The Hall–Kier alpha value is -0.380. The van der Waals surface area contributed by atoms with Gasteiger partial charge in [0.05, 0.1) is 10.7 Å². The molecule has 0 atom stereocenters. The molecule has 0 radical (unpaired) electrons. The number of anilines is 1. The Labute approximate surface area is 142 Å². The zero-order valence-corrected chi connectivity index (χ0v) is 15.0. The first-order valence-electron chi connectivity index (χ1n) is 5.22. The van der Waals surface area contributed by atoms with Crippen LogP contribution in [0.4, 0.5) is 10.1 Å². The molecule has 0 aliphatic rings. The van der Waals surface area contributed by atoms with Gasteiger partial charge in [-0.1, -0.05) is 27.5 Å². The molecule has 0 spiro atoms. The van der Waals surface area contributed by atoms with Gasteiger partial charge in [-0.25, -0.2) is 12.8 Å². The van der Waals surface area contributed by atoms with Crippen molar-refractivity contribution in [2.75, 3.05) is 4.72 Å². The van der Waals surface area contributed by atoms with Crippen molar-refractivity contribution in [3.8, 4) is 0 Å². The number of halogens is 4. The molecule has 2 rings (SSSR count). The molecule has 0 aromatic heterocycles. The molecule has 8 heteroatoms. The Kier molecular flexibility index (Phi) is 4.93. The van der Waals surface area contributed by atoms with Gasteiger partial charge in [0.1, 0.15) is 10.7 Å². The van der Waals surface area contributed by atoms with Crippen molar-refractivity contribution in [3.63, 3.8) is 0 Å². The van der Waals surface area contributed by atoms with Gasteiger partial charge in [-0.05, 0) is 59.0 Å². The highest BCUT2D eigenvalue weighted by Gasteiger charge is 2.20. The van der Waals surface area contributed by atoms with Gasteiger partial charge in [0.2, 0.25) is 0 Å². The van der Waals surface area contributed by atoms with Crippen molar-refractivity contribution in [2.24, 2.45) is 0 Å². The fourth-order valence-corrected chi connectivity index (χ4v) is 3.90. The number of rotatable bonds is 3. The van der Waals surface area contributed by atoms with Crippen molar-refractivity contribution in [2.45, 2.75) is 4.90 Å². The Morgan fingerprint density at radius 2 is 1.90 bits per heavy atom. The molecule has 0 saturated heterocycles. The molecule has 0 amide bonds. The Morgan fingerprint density at radius 3 is 2.50 bits per heavy atom. The fourth-order valence-electron chi connectivity index (χ4n) is 1.47. The molecule has 2 aromatic rings. The second-order valence-electron chi connectivity index (χ2n) is 3.80. The van der Waals surface area contributed by atoms with Gasteiger partial charge in [-0.3, -0.25) is 4.72 Å². The van der Waals surface area contributed by atoms with Crippen molar-refractivity contribution in [1.82, 2.24) is 0 Å². The second-order valence-corrected chi connectivity index (χ2v) is 8.02. The molecule has 3 nitrogen and oxygen atoms in total. The second kappa shape index (κ2) is 6.17. The van der Waals surface area contributed by atoms with Crippen LogP contribution in [0.3, 0.4) is 0 Å². The van der Waals surface area contributed by atoms with E-state index in [1.54, 1.807) is 12.1 Å². The molecular formula is C12H7BrClFINO2S. The summed E-state index contributed by atoms with van der Waals surface area (Å²) in [7, 11) is -4.03. The minimum Gasteiger partial charge on any atom is -0.278 e. The van der Waals surface area contributed by atoms with Gasteiger partial charge >= 0.3 is 0 Å². The molecule has 0 aliphatic heterocycles. The standard InChI is InChI=1S/C12H7BrClFINO2S/c13-7-1-4-12(10(15)5-7)20(18,19)17-11-3-2-8(16)6-9(11)14/h1-6,17H. The molecule has 2 aromatic carbocycles. The lowest BCUT2D eigenvalue weighted by atomic mass is 10.3. The van der Waals surface area contributed by atoms with Crippen LogP contribution in [0.25, 0.3) is 0 Å². The molecule has 0 fully saturated rings. The van der Waals surface area contributed by atoms with Crippen LogP contribution >= 0.6 is 50.1 Å². The van der Waals surface area contributed by atoms with E-state index in [4.69, 9.17) is 11.6 Å². The SMILES string of the molecule is O=S(=O)(Nc1ccc(I)cc1Cl)c1ccc(Br)cc1F. The average molecular weight is 491 g/mol. The lowest BCUT2D eigenvalue weighted by Crippen LogP contribution is -2.14. The van der Waals surface area contributed by atoms with Crippen molar-refractivity contribution in [3.05, 3.63) is 55.3 Å². The van der Waals surface area contributed by atoms with E-state index in [9.17, 15) is 12.8 Å². The number of nitrogens with one attached hydrogen (secondary N) is 1. The summed E-state index contributed by atoms with van der Waals surface area (Å²) in [5.41, 5.74) is 0.203. The summed E-state index contributed by atoms with van der Waals surface area (Å²) in [6, 6.07) is 8.55. The van der Waals surface area contributed by atoms with E-state index in [0.29, 0.717) is 4.47 Å². The van der Waals surface area contributed by atoms with Gasteiger partial charge in [0.25, 0.3) is 10.0 Å². The molecular weight excluding hydrogens is 483 g/mol. The third-order valence-electron chi connectivity index (χ3n) is 2.36. The Morgan fingerprint density at radius 1 is 1.20 bits per heavy atom. The normalized spacial score (nSPS) is 11.4. The summed E-state index contributed by atoms with van der Waals surface area (Å²) in [4.78, 5) is -0.435. The van der Waals surface area contributed by atoms with Crippen molar-refractivity contribution in [1.29, 1.82) is 0 Å². The van der Waals surface area contributed by atoms with Crippen LogP contribution in [0.2, 0.25) is 5.02 Å². The number of hydrogen-bond acceptors (Lipinski definition) is 2. The lowest BCUT2D eigenvalue weighted by molar-refractivity contribution is 0.570. The third-order valence-corrected chi connectivity index (χ3v) is 5.23. The third kappa shape index (κ3) is 3.63. The van der Waals surface area contributed by atoms with Crippen molar-refractivity contribution >= 4 is 65.8 Å². The zero-order valence-electron chi connectivity index (χ0n) is 9.70. The van der Waals surface area contributed by atoms with Crippen LogP contribution in [-0.2, 0) is 10.0 Å². The lowest BCUT2D eigenvalue weighted by Gasteiger charge is -2.10. The average Bonchev–Trinajstić information content (AvgIpc) is 2.32. The van der Waals surface area contributed by atoms with Gasteiger partial charge in [0, 0.05) is 8.04 Å². The molecule has 106 valence electrons. The summed E-state index contributed by atoms with van der Waals surface area (Å²) in [6.45, 7) is 0. The molecule has 0 aliphatic carbocycles. The highest BCUT2D eigenvalue weighted by Crippen LogP contribution is 2.27. The molecule has 0 heterocycles. The van der Waals surface area contributed by atoms with E-state index >= 15 is 0 Å². The summed E-state index contributed by atoms with van der Waals surface area (Å²) < 4.78 is 41.6. The first-order valence-corrected chi connectivity index (χ1v) is 8.96. The van der Waals surface area contributed by atoms with Crippen molar-refractivity contribution < 1.29 is 12.8 Å². The molecule has 0 saturated carbocycles. The largest absolute Gasteiger partial charge is 0.278 e. The Balaban J connectivity index is 2.41. The summed E-state index contributed by atoms with van der Waals surface area (Å²) in [5, 5.41) is 0.248. The molecule has 0 unspecified atom stereocenters. The predicted molar refractivity (Wildman–Crippen MR) is 89.1 cm³/mol. The minimum atomic E-state index is -4.03. The van der Waals surface area contributed by atoms with Crippen LogP contribution < -0.4 is 4.72 Å². The fraction of sp³-hybridized carbons (Fsp3) is 0. The molecule has 1 N–H and O–H groups in total. The monoisotopic (exact) mass is 489 g/mol. The van der Waals surface area contributed by atoms with Crippen LogP contribution in [0, 0.1) is 9.39 Å². The smallest absolute Gasteiger partial charge is 0.264 e. The van der Waals surface area contributed by atoms with Gasteiger partial charge in [-0.15, -0.1) is 0 Å². The number of benzene rings is 2. The van der Waals surface area contributed by atoms with E-state index in [1.807, 2.05) is 0 Å². The van der Waals surface area contributed by atoms with E-state index in [0.717, 1.165) is 9.64 Å². The predicted octanol–water partition coefficient (Wildman–Crippen LogP) is 4.65. The maximum absolute atomic E-state index is 13.7. The van der Waals surface area contributed by atoms with E-state index in [2.05, 4.69) is 43.2 Å². The van der Waals surface area contributed by atoms with E-state index in [-0.39, 0.29) is 10.7 Å². The number of hydrogen-bond donors (Lipinski definition) is 1. The maximum atomic E-state index is 13.7. The highest BCUT2D eigenvalue weighted by atomic mass is 127. The zero-order chi connectivity index (χ0) is 14.9. The topological polar surface area (TPSA) is 46.2 Å². The maximum Gasteiger partial charge on any atom is 0.264 e.